The zero-order chi connectivity index (χ0) is 21.4. The molecule has 0 aliphatic carbocycles. The van der Waals surface area contributed by atoms with E-state index in [9.17, 15) is 18.0 Å². The lowest BCUT2D eigenvalue weighted by Gasteiger charge is -2.18. The quantitative estimate of drug-likeness (QED) is 0.615. The molecule has 2 aromatic rings. The first-order valence-corrected chi connectivity index (χ1v) is 10.3. The van der Waals surface area contributed by atoms with E-state index in [1.54, 1.807) is 19.9 Å². The topological polar surface area (TPSA) is 115 Å². The summed E-state index contributed by atoms with van der Waals surface area (Å²) in [6.07, 6.45) is 1.28. The summed E-state index contributed by atoms with van der Waals surface area (Å²) >= 11 is 0. The van der Waals surface area contributed by atoms with Gasteiger partial charge in [0.25, 0.3) is 5.91 Å². The maximum atomic E-state index is 12.6. The number of nitrogens with one attached hydrogen (secondary N) is 1. The van der Waals surface area contributed by atoms with Crippen LogP contribution in [0.25, 0.3) is 0 Å². The molecule has 0 atom stereocenters. The van der Waals surface area contributed by atoms with Gasteiger partial charge in [0.2, 0.25) is 15.9 Å². The molecule has 1 amide bonds. The zero-order valence-electron chi connectivity index (χ0n) is 16.4. The van der Waals surface area contributed by atoms with Crippen molar-refractivity contribution >= 4 is 27.6 Å². The molecule has 0 unspecified atom stereocenters. The van der Waals surface area contributed by atoms with E-state index in [-0.39, 0.29) is 16.1 Å². The second-order valence-electron chi connectivity index (χ2n) is 5.83. The molecule has 1 N–H and O–H groups in total. The van der Waals surface area contributed by atoms with E-state index in [0.717, 1.165) is 0 Å². The maximum Gasteiger partial charge on any atom is 0.340 e. The lowest BCUT2D eigenvalue weighted by atomic mass is 10.3. The highest BCUT2D eigenvalue weighted by molar-refractivity contribution is 7.89. The van der Waals surface area contributed by atoms with Gasteiger partial charge in [-0.25, -0.2) is 18.2 Å². The summed E-state index contributed by atoms with van der Waals surface area (Å²) in [5.41, 5.74) is 0.455. The fraction of sp³-hybridized carbons (Fsp3) is 0.316. The molecule has 0 aliphatic heterocycles. The van der Waals surface area contributed by atoms with Crippen molar-refractivity contribution in [3.05, 3.63) is 48.2 Å². The second kappa shape index (κ2) is 9.99. The van der Waals surface area contributed by atoms with Crippen LogP contribution in [0.2, 0.25) is 0 Å². The molecule has 0 radical (unpaired) electrons. The Balaban J connectivity index is 1.99. The number of pyridine rings is 1. The van der Waals surface area contributed by atoms with E-state index in [0.29, 0.717) is 19.0 Å². The van der Waals surface area contributed by atoms with E-state index < -0.39 is 28.5 Å². The number of amides is 1. The minimum atomic E-state index is -3.65. The van der Waals surface area contributed by atoms with Gasteiger partial charge in [0.05, 0.1) is 17.6 Å². The van der Waals surface area contributed by atoms with Gasteiger partial charge in [-0.15, -0.1) is 0 Å². The van der Waals surface area contributed by atoms with Crippen molar-refractivity contribution in [3.8, 4) is 5.88 Å². The summed E-state index contributed by atoms with van der Waals surface area (Å²) in [4.78, 5) is 28.0. The average Bonchev–Trinajstić information content (AvgIpc) is 2.73. The normalized spacial score (nSPS) is 11.2. The summed E-state index contributed by atoms with van der Waals surface area (Å²) in [5.74, 6) is -0.968. The van der Waals surface area contributed by atoms with E-state index in [2.05, 4.69) is 10.3 Å². The highest BCUT2D eigenvalue weighted by Gasteiger charge is 2.22. The Labute approximate surface area is 169 Å². The molecule has 0 bridgehead atoms. The molecular formula is C19H23N3O6S. The summed E-state index contributed by atoms with van der Waals surface area (Å²) < 4.78 is 36.3. The zero-order valence-corrected chi connectivity index (χ0v) is 17.2. The molecule has 1 aromatic carbocycles. The van der Waals surface area contributed by atoms with Crippen LogP contribution in [-0.2, 0) is 19.6 Å². The van der Waals surface area contributed by atoms with Gasteiger partial charge >= 0.3 is 5.97 Å². The van der Waals surface area contributed by atoms with Gasteiger partial charge in [0.1, 0.15) is 0 Å². The van der Waals surface area contributed by atoms with Gasteiger partial charge in [0, 0.05) is 31.0 Å². The molecule has 10 heteroatoms. The first-order chi connectivity index (χ1) is 13.8. The van der Waals surface area contributed by atoms with Gasteiger partial charge in [-0.1, -0.05) is 19.9 Å². The van der Waals surface area contributed by atoms with Crippen LogP contribution < -0.4 is 10.1 Å². The number of ether oxygens (including phenoxy) is 2. The van der Waals surface area contributed by atoms with Crippen molar-refractivity contribution < 1.29 is 27.5 Å². The number of aromatic nitrogens is 1. The molecule has 9 nitrogen and oxygen atoms in total. The van der Waals surface area contributed by atoms with Crippen molar-refractivity contribution in [2.24, 2.45) is 0 Å². The largest absolute Gasteiger partial charge is 0.481 e. The monoisotopic (exact) mass is 421 g/mol. The Morgan fingerprint density at radius 1 is 1.14 bits per heavy atom. The van der Waals surface area contributed by atoms with Crippen LogP contribution in [0.4, 0.5) is 5.69 Å². The Kier molecular flexibility index (Phi) is 7.68. The number of sulfonamides is 1. The predicted octanol–water partition coefficient (Wildman–Crippen LogP) is 1.92. The van der Waals surface area contributed by atoms with Gasteiger partial charge in [-0.2, -0.15) is 4.31 Å². The summed E-state index contributed by atoms with van der Waals surface area (Å²) in [6, 6.07) is 8.86. The molecule has 0 saturated carbocycles. The third-order valence-electron chi connectivity index (χ3n) is 3.98. The molecule has 0 aliphatic rings. The number of rotatable bonds is 9. The van der Waals surface area contributed by atoms with Crippen LogP contribution >= 0.6 is 0 Å². The van der Waals surface area contributed by atoms with Gasteiger partial charge in [0.15, 0.2) is 6.61 Å². The van der Waals surface area contributed by atoms with Gasteiger partial charge < -0.3 is 14.8 Å². The molecule has 29 heavy (non-hydrogen) atoms. The van der Waals surface area contributed by atoms with E-state index in [1.165, 1.54) is 47.9 Å². The molecule has 1 heterocycles. The standard InChI is InChI=1S/C19H23N3O6S/c1-4-22(5-2)29(25,26)16-8-6-7-15(11-16)21-17(23)13-28-19(24)14-9-10-18(27-3)20-12-14/h6-12H,4-5,13H2,1-3H3,(H,21,23). The number of methoxy groups -OCH3 is 1. The summed E-state index contributed by atoms with van der Waals surface area (Å²) in [6.45, 7) is 3.65. The second-order valence-corrected chi connectivity index (χ2v) is 7.77. The fourth-order valence-corrected chi connectivity index (χ4v) is 3.98. The van der Waals surface area contributed by atoms with Crippen molar-refractivity contribution in [1.29, 1.82) is 0 Å². The third kappa shape index (κ3) is 5.75. The number of hydrogen-bond donors (Lipinski definition) is 1. The van der Waals surface area contributed by atoms with Crippen LogP contribution in [-0.4, -0.2) is 56.4 Å². The van der Waals surface area contributed by atoms with Crippen molar-refractivity contribution in [3.63, 3.8) is 0 Å². The van der Waals surface area contributed by atoms with Crippen LogP contribution in [0.15, 0.2) is 47.5 Å². The maximum absolute atomic E-state index is 12.6. The van der Waals surface area contributed by atoms with E-state index in [4.69, 9.17) is 9.47 Å². The predicted molar refractivity (Wildman–Crippen MR) is 106 cm³/mol. The Hall–Kier alpha value is -2.98. The molecule has 0 fully saturated rings. The number of nitrogens with zero attached hydrogens (tertiary/aromatic N) is 2. The lowest BCUT2D eigenvalue weighted by Crippen LogP contribution is -2.30. The smallest absolute Gasteiger partial charge is 0.340 e. The molecular weight excluding hydrogens is 398 g/mol. The Bertz CT molecular complexity index is 956. The summed E-state index contributed by atoms with van der Waals surface area (Å²) in [5, 5.41) is 2.52. The highest BCUT2D eigenvalue weighted by atomic mass is 32.2. The van der Waals surface area contributed by atoms with E-state index >= 15 is 0 Å². The van der Waals surface area contributed by atoms with Crippen LogP contribution in [0.3, 0.4) is 0 Å². The van der Waals surface area contributed by atoms with Crippen LogP contribution in [0, 0.1) is 0 Å². The SMILES string of the molecule is CCN(CC)S(=O)(=O)c1cccc(NC(=O)COC(=O)c2ccc(OC)nc2)c1. The molecule has 0 spiro atoms. The Morgan fingerprint density at radius 2 is 1.86 bits per heavy atom. The molecule has 2 rings (SSSR count). The van der Waals surface area contributed by atoms with E-state index in [1.807, 2.05) is 0 Å². The highest BCUT2D eigenvalue weighted by Crippen LogP contribution is 2.19. The minimum absolute atomic E-state index is 0.0697. The van der Waals surface area contributed by atoms with Crippen molar-refractivity contribution in [2.75, 3.05) is 32.1 Å². The van der Waals surface area contributed by atoms with Crippen LogP contribution in [0.5, 0.6) is 5.88 Å². The van der Waals surface area contributed by atoms with Crippen molar-refractivity contribution in [1.82, 2.24) is 9.29 Å². The van der Waals surface area contributed by atoms with Crippen molar-refractivity contribution in [2.45, 2.75) is 18.7 Å². The number of carbonyl (C=O) groups excluding carboxylic acids is 2. The number of esters is 1. The fourth-order valence-electron chi connectivity index (χ4n) is 2.48. The number of hydrogen-bond acceptors (Lipinski definition) is 7. The minimum Gasteiger partial charge on any atom is -0.481 e. The van der Waals surface area contributed by atoms with Crippen LogP contribution in [0.1, 0.15) is 24.2 Å². The number of benzene rings is 1. The first-order valence-electron chi connectivity index (χ1n) is 8.89. The molecule has 1 aromatic heterocycles. The average molecular weight is 421 g/mol. The summed E-state index contributed by atoms with van der Waals surface area (Å²) in [7, 11) is -2.20. The molecule has 0 saturated heterocycles. The lowest BCUT2D eigenvalue weighted by molar-refractivity contribution is -0.119. The van der Waals surface area contributed by atoms with Gasteiger partial charge in [-0.3, -0.25) is 4.79 Å². The Morgan fingerprint density at radius 3 is 2.45 bits per heavy atom. The third-order valence-corrected chi connectivity index (χ3v) is 6.02. The van der Waals surface area contributed by atoms with Gasteiger partial charge in [-0.05, 0) is 24.3 Å². The number of anilines is 1. The number of carbonyl (C=O) groups is 2. The molecule has 156 valence electrons. The first kappa shape index (κ1) is 22.3.